The highest BCUT2D eigenvalue weighted by atomic mass is 31.1. The third-order valence-electron chi connectivity index (χ3n) is 3.58. The maximum Gasteiger partial charge on any atom is 0.417 e. The summed E-state index contributed by atoms with van der Waals surface area (Å²) in [7, 11) is 0.523. The molecule has 0 heterocycles. The van der Waals surface area contributed by atoms with Gasteiger partial charge in [0.15, 0.2) is 5.52 Å². The molecule has 2 aromatic rings. The molecule has 0 aliphatic rings. The van der Waals surface area contributed by atoms with E-state index in [1.807, 2.05) is 0 Å². The van der Waals surface area contributed by atoms with Crippen molar-refractivity contribution in [3.63, 3.8) is 0 Å². The van der Waals surface area contributed by atoms with Crippen LogP contribution in [0, 0.1) is 6.92 Å². The number of hydrogen-bond acceptors (Lipinski definition) is 2. The summed E-state index contributed by atoms with van der Waals surface area (Å²) in [5.41, 5.74) is -5.21. The van der Waals surface area contributed by atoms with Gasteiger partial charge in [-0.15, -0.1) is 0 Å². The van der Waals surface area contributed by atoms with Crippen molar-refractivity contribution in [3.8, 4) is 5.75 Å². The van der Waals surface area contributed by atoms with E-state index in [-0.39, 0.29) is 0 Å². The summed E-state index contributed by atoms with van der Waals surface area (Å²) in [5, 5.41) is 0.348. The molecular weight excluding hydrogens is 381 g/mol. The van der Waals surface area contributed by atoms with Crippen molar-refractivity contribution in [1.29, 1.82) is 0 Å². The molecule has 0 bridgehead atoms. The maximum absolute atomic E-state index is 13.2. The van der Waals surface area contributed by atoms with Crippen molar-refractivity contribution in [2.24, 2.45) is 0 Å². The summed E-state index contributed by atoms with van der Waals surface area (Å²) < 4.78 is 84.0. The highest BCUT2D eigenvalue weighted by molar-refractivity contribution is 7.66. The predicted molar refractivity (Wildman–Crippen MR) is 86.5 cm³/mol. The van der Waals surface area contributed by atoms with Gasteiger partial charge >= 0.3 is 12.4 Å². The van der Waals surface area contributed by atoms with Crippen LogP contribution in [0.2, 0.25) is 0 Å². The minimum Gasteiger partial charge on any atom is -0.497 e. The lowest BCUT2D eigenvalue weighted by Gasteiger charge is -2.18. The fourth-order valence-electron chi connectivity index (χ4n) is 2.36. The number of benzene rings is 2. The molecule has 0 saturated carbocycles. The van der Waals surface area contributed by atoms with Crippen LogP contribution >= 0.6 is 8.58 Å². The molecular formula is C17H13F6O2P. The third kappa shape index (κ3) is 4.36. The minimum atomic E-state index is -5.08. The fraction of sp³-hybridized carbons (Fsp3) is 0.235. The molecule has 1 atom stereocenters. The predicted octanol–water partition coefficient (Wildman–Crippen LogP) is 5.19. The second-order valence-corrected chi connectivity index (χ2v) is 6.60. The topological polar surface area (TPSA) is 26.3 Å². The average Bonchev–Trinajstić information content (AvgIpc) is 2.54. The van der Waals surface area contributed by atoms with Crippen LogP contribution in [0.25, 0.3) is 0 Å². The zero-order valence-corrected chi connectivity index (χ0v) is 14.5. The number of hydrogen-bond donors (Lipinski definition) is 0. The molecule has 0 amide bonds. The molecule has 0 aliphatic carbocycles. The fourth-order valence-corrected chi connectivity index (χ4v) is 3.43. The molecule has 1 unspecified atom stereocenters. The van der Waals surface area contributed by atoms with Gasteiger partial charge in [0.1, 0.15) is 5.75 Å². The van der Waals surface area contributed by atoms with Crippen LogP contribution in [0.5, 0.6) is 5.75 Å². The van der Waals surface area contributed by atoms with Crippen LogP contribution < -0.4 is 10.0 Å². The van der Waals surface area contributed by atoms with Crippen molar-refractivity contribution in [2.45, 2.75) is 19.3 Å². The van der Waals surface area contributed by atoms with E-state index in [9.17, 15) is 31.1 Å². The van der Waals surface area contributed by atoms with Gasteiger partial charge in [0.2, 0.25) is 0 Å². The molecule has 9 heteroatoms. The Morgan fingerprint density at radius 3 is 1.92 bits per heavy atom. The van der Waals surface area contributed by atoms with E-state index in [0.717, 1.165) is 0 Å². The van der Waals surface area contributed by atoms with Crippen LogP contribution in [0.4, 0.5) is 26.3 Å². The van der Waals surface area contributed by atoms with E-state index >= 15 is 0 Å². The number of halogens is 6. The molecule has 0 radical (unpaired) electrons. The lowest BCUT2D eigenvalue weighted by molar-refractivity contribution is -0.143. The van der Waals surface area contributed by atoms with E-state index in [4.69, 9.17) is 4.74 Å². The van der Waals surface area contributed by atoms with Gasteiger partial charge < -0.3 is 4.74 Å². The first kappa shape index (κ1) is 20.2. The number of aryl methyl sites for hydroxylation is 1. The highest BCUT2D eigenvalue weighted by Gasteiger charge is 2.42. The SMILES string of the molecule is COc1ccc(PC(=O)c2c(C(F)(F)F)cccc2C(F)(F)F)c(C)c1. The quantitative estimate of drug-likeness (QED) is 0.527. The number of ether oxygens (including phenoxy) is 1. The molecule has 26 heavy (non-hydrogen) atoms. The standard InChI is InChI=1S/C17H13F6O2P/c1-9-8-10(25-2)6-7-13(9)26-15(24)14-11(16(18,19)20)4-3-5-12(14)17(21,22)23/h3-8,26H,1-2H3. The normalized spacial score (nSPS) is 12.6. The zero-order valence-electron chi connectivity index (χ0n) is 13.5. The van der Waals surface area contributed by atoms with E-state index < -0.39 is 43.1 Å². The van der Waals surface area contributed by atoms with Gasteiger partial charge in [-0.3, -0.25) is 4.79 Å². The Labute approximate surface area is 146 Å². The first-order valence-electron chi connectivity index (χ1n) is 7.18. The second-order valence-electron chi connectivity index (χ2n) is 5.36. The summed E-state index contributed by atoms with van der Waals surface area (Å²) in [4.78, 5) is 12.4. The van der Waals surface area contributed by atoms with Crippen LogP contribution in [0.3, 0.4) is 0 Å². The lowest BCUT2D eigenvalue weighted by atomic mass is 10.0. The summed E-state index contributed by atoms with van der Waals surface area (Å²) in [6.45, 7) is 1.60. The van der Waals surface area contributed by atoms with Crippen molar-refractivity contribution in [3.05, 3.63) is 58.7 Å². The van der Waals surface area contributed by atoms with E-state index in [2.05, 4.69) is 0 Å². The molecule has 0 spiro atoms. The highest BCUT2D eigenvalue weighted by Crippen LogP contribution is 2.41. The van der Waals surface area contributed by atoms with E-state index in [1.165, 1.54) is 19.2 Å². The second kappa shape index (κ2) is 7.27. The average molecular weight is 394 g/mol. The summed E-state index contributed by atoms with van der Waals surface area (Å²) in [6, 6.07) is 6.10. The van der Waals surface area contributed by atoms with Gasteiger partial charge in [0.05, 0.1) is 18.2 Å². The van der Waals surface area contributed by atoms with Crippen LogP contribution in [0.15, 0.2) is 36.4 Å². The lowest BCUT2D eigenvalue weighted by Crippen LogP contribution is -2.19. The maximum atomic E-state index is 13.2. The van der Waals surface area contributed by atoms with Gasteiger partial charge in [-0.25, -0.2) is 0 Å². The van der Waals surface area contributed by atoms with Gasteiger partial charge in [-0.1, -0.05) is 12.1 Å². The Morgan fingerprint density at radius 2 is 1.50 bits per heavy atom. The summed E-state index contributed by atoms with van der Waals surface area (Å²) >= 11 is 0. The largest absolute Gasteiger partial charge is 0.497 e. The van der Waals surface area contributed by atoms with E-state index in [1.54, 1.807) is 13.0 Å². The van der Waals surface area contributed by atoms with Crippen LogP contribution in [-0.2, 0) is 12.4 Å². The van der Waals surface area contributed by atoms with Crippen LogP contribution in [0.1, 0.15) is 27.0 Å². The molecule has 2 nitrogen and oxygen atoms in total. The number of rotatable bonds is 4. The van der Waals surface area contributed by atoms with Crippen molar-refractivity contribution in [2.75, 3.05) is 7.11 Å². The monoisotopic (exact) mass is 394 g/mol. The van der Waals surface area contributed by atoms with Gasteiger partial charge in [-0.2, -0.15) is 26.3 Å². The minimum absolute atomic E-state index is 0.348. The molecule has 0 aromatic heterocycles. The Morgan fingerprint density at radius 1 is 0.962 bits per heavy atom. The van der Waals surface area contributed by atoms with Gasteiger partial charge in [0.25, 0.3) is 0 Å². The smallest absolute Gasteiger partial charge is 0.417 e. The summed E-state index contributed by atoms with van der Waals surface area (Å²) in [5.74, 6) is 0.468. The Kier molecular flexibility index (Phi) is 5.66. The molecule has 2 rings (SSSR count). The van der Waals surface area contributed by atoms with Crippen LogP contribution in [-0.4, -0.2) is 12.6 Å². The van der Waals surface area contributed by atoms with Gasteiger partial charge in [-0.05, 0) is 50.6 Å². The van der Waals surface area contributed by atoms with E-state index in [0.29, 0.717) is 34.8 Å². The number of carbonyl (C=O) groups excluding carboxylic acids is 1. The summed E-state index contributed by atoms with van der Waals surface area (Å²) in [6.07, 6.45) is -10.2. The molecule has 0 aliphatic heterocycles. The molecule has 2 aromatic carbocycles. The molecule has 0 N–H and O–H groups in total. The van der Waals surface area contributed by atoms with Crippen molar-refractivity contribution < 1.29 is 35.9 Å². The molecule has 0 saturated heterocycles. The van der Waals surface area contributed by atoms with Crippen molar-refractivity contribution in [1.82, 2.24) is 0 Å². The first-order valence-corrected chi connectivity index (χ1v) is 8.18. The number of carbonyl (C=O) groups is 1. The third-order valence-corrected chi connectivity index (χ3v) is 4.89. The first-order chi connectivity index (χ1) is 11.9. The van der Waals surface area contributed by atoms with Crippen molar-refractivity contribution >= 4 is 19.4 Å². The Hall–Kier alpha value is -2.08. The van der Waals surface area contributed by atoms with Gasteiger partial charge in [0, 0.05) is 5.56 Å². The molecule has 140 valence electrons. The molecule has 0 fully saturated rings. The Bertz CT molecular complexity index is 795. The number of alkyl halides is 6. The Balaban J connectivity index is 2.54. The zero-order chi connectivity index (χ0) is 19.7. The number of methoxy groups -OCH3 is 1.